The SMILES string of the molecule is CCCN1CCC2Cc3c(/C(N)=N/O)cccc3C21. The van der Waals surface area contributed by atoms with Crippen molar-refractivity contribution in [3.63, 3.8) is 0 Å². The van der Waals surface area contributed by atoms with Crippen molar-refractivity contribution in [1.82, 2.24) is 4.90 Å². The monoisotopic (exact) mass is 259 g/mol. The second kappa shape index (κ2) is 4.85. The fourth-order valence-electron chi connectivity index (χ4n) is 3.79. The van der Waals surface area contributed by atoms with E-state index < -0.39 is 0 Å². The highest BCUT2D eigenvalue weighted by molar-refractivity contribution is 5.98. The number of likely N-dealkylation sites (tertiary alicyclic amines) is 1. The first-order valence-electron chi connectivity index (χ1n) is 7.10. The molecule has 1 aromatic carbocycles. The van der Waals surface area contributed by atoms with Gasteiger partial charge in [-0.15, -0.1) is 0 Å². The maximum absolute atomic E-state index is 8.91. The molecular formula is C15H21N3O. The van der Waals surface area contributed by atoms with E-state index in [0.29, 0.717) is 12.0 Å². The normalized spacial score (nSPS) is 26.5. The summed E-state index contributed by atoms with van der Waals surface area (Å²) in [5.41, 5.74) is 9.38. The summed E-state index contributed by atoms with van der Waals surface area (Å²) in [6, 6.07) is 6.74. The van der Waals surface area contributed by atoms with E-state index >= 15 is 0 Å². The van der Waals surface area contributed by atoms with E-state index in [2.05, 4.69) is 23.0 Å². The van der Waals surface area contributed by atoms with Crippen molar-refractivity contribution in [3.05, 3.63) is 34.9 Å². The summed E-state index contributed by atoms with van der Waals surface area (Å²) in [4.78, 5) is 2.59. The van der Waals surface area contributed by atoms with E-state index in [9.17, 15) is 0 Å². The number of nitrogens with zero attached hydrogens (tertiary/aromatic N) is 2. The summed E-state index contributed by atoms with van der Waals surface area (Å²) in [6.07, 6.45) is 3.51. The third-order valence-electron chi connectivity index (χ3n) is 4.52. The summed E-state index contributed by atoms with van der Waals surface area (Å²) in [5.74, 6) is 0.938. The minimum absolute atomic E-state index is 0.235. The van der Waals surface area contributed by atoms with Crippen molar-refractivity contribution in [2.24, 2.45) is 16.8 Å². The summed E-state index contributed by atoms with van der Waals surface area (Å²) in [7, 11) is 0. The zero-order valence-corrected chi connectivity index (χ0v) is 11.3. The summed E-state index contributed by atoms with van der Waals surface area (Å²) >= 11 is 0. The van der Waals surface area contributed by atoms with Crippen LogP contribution in [0.15, 0.2) is 23.4 Å². The second-order valence-corrected chi connectivity index (χ2v) is 5.59. The Morgan fingerprint density at radius 1 is 1.53 bits per heavy atom. The van der Waals surface area contributed by atoms with Crippen LogP contribution in [0.4, 0.5) is 0 Å². The zero-order chi connectivity index (χ0) is 13.4. The lowest BCUT2D eigenvalue weighted by molar-refractivity contribution is 0.240. The van der Waals surface area contributed by atoms with Crippen LogP contribution in [-0.2, 0) is 6.42 Å². The molecule has 1 aliphatic heterocycles. The Morgan fingerprint density at radius 2 is 2.37 bits per heavy atom. The van der Waals surface area contributed by atoms with Crippen molar-refractivity contribution in [2.45, 2.75) is 32.2 Å². The number of amidine groups is 1. The molecule has 1 aliphatic carbocycles. The average molecular weight is 259 g/mol. The number of oxime groups is 1. The molecule has 2 aliphatic rings. The highest BCUT2D eigenvalue weighted by Crippen LogP contribution is 2.47. The van der Waals surface area contributed by atoms with Gasteiger partial charge in [0, 0.05) is 11.6 Å². The molecule has 0 spiro atoms. The third kappa shape index (κ3) is 1.91. The fourth-order valence-corrected chi connectivity index (χ4v) is 3.79. The number of hydrogen-bond donors (Lipinski definition) is 2. The van der Waals surface area contributed by atoms with Crippen molar-refractivity contribution >= 4 is 5.84 Å². The summed E-state index contributed by atoms with van der Waals surface area (Å²) in [5, 5.41) is 12.1. The zero-order valence-electron chi connectivity index (χ0n) is 11.3. The van der Waals surface area contributed by atoms with Crippen LogP contribution in [0, 0.1) is 5.92 Å². The molecule has 4 nitrogen and oxygen atoms in total. The number of rotatable bonds is 3. The lowest BCUT2D eigenvalue weighted by Gasteiger charge is -2.24. The van der Waals surface area contributed by atoms with E-state index in [1.165, 1.54) is 30.5 Å². The first-order chi connectivity index (χ1) is 9.26. The van der Waals surface area contributed by atoms with Crippen LogP contribution in [0.1, 0.15) is 42.5 Å². The molecule has 0 radical (unpaired) electrons. The maximum Gasteiger partial charge on any atom is 0.170 e. The molecule has 1 aromatic rings. The van der Waals surface area contributed by atoms with Crippen LogP contribution in [0.5, 0.6) is 0 Å². The molecule has 102 valence electrons. The summed E-state index contributed by atoms with van der Waals surface area (Å²) < 4.78 is 0. The van der Waals surface area contributed by atoms with Gasteiger partial charge in [-0.25, -0.2) is 0 Å². The molecule has 3 rings (SSSR count). The van der Waals surface area contributed by atoms with E-state index in [4.69, 9.17) is 10.9 Å². The van der Waals surface area contributed by atoms with Gasteiger partial charge < -0.3 is 10.9 Å². The lowest BCUT2D eigenvalue weighted by atomic mass is 10.0. The van der Waals surface area contributed by atoms with E-state index in [1.54, 1.807) is 0 Å². The van der Waals surface area contributed by atoms with Gasteiger partial charge in [-0.05, 0) is 49.4 Å². The highest BCUT2D eigenvalue weighted by atomic mass is 16.4. The van der Waals surface area contributed by atoms with Gasteiger partial charge >= 0.3 is 0 Å². The van der Waals surface area contributed by atoms with E-state index in [1.807, 2.05) is 12.1 Å². The molecule has 1 saturated heterocycles. The lowest BCUT2D eigenvalue weighted by Crippen LogP contribution is -2.24. The Labute approximate surface area is 113 Å². The van der Waals surface area contributed by atoms with Gasteiger partial charge in [0.1, 0.15) is 0 Å². The highest BCUT2D eigenvalue weighted by Gasteiger charge is 2.41. The van der Waals surface area contributed by atoms with Gasteiger partial charge in [0.2, 0.25) is 0 Å². The molecular weight excluding hydrogens is 238 g/mol. The topological polar surface area (TPSA) is 61.8 Å². The van der Waals surface area contributed by atoms with Gasteiger partial charge in [0.05, 0.1) is 0 Å². The smallest absolute Gasteiger partial charge is 0.170 e. The Kier molecular flexibility index (Phi) is 3.19. The van der Waals surface area contributed by atoms with Gasteiger partial charge in [-0.3, -0.25) is 4.90 Å². The van der Waals surface area contributed by atoms with Gasteiger partial charge in [-0.1, -0.05) is 30.3 Å². The van der Waals surface area contributed by atoms with Gasteiger partial charge in [-0.2, -0.15) is 0 Å². The molecule has 0 aromatic heterocycles. The Balaban J connectivity index is 2.00. The number of nitrogens with two attached hydrogens (primary N) is 1. The minimum atomic E-state index is 0.235. The van der Waals surface area contributed by atoms with Crippen molar-refractivity contribution < 1.29 is 5.21 Å². The summed E-state index contributed by atoms with van der Waals surface area (Å²) in [6.45, 7) is 4.60. The number of hydrogen-bond acceptors (Lipinski definition) is 3. The standard InChI is InChI=1S/C15H21N3O/c1-2-7-18-8-6-10-9-13-11(14(10)18)4-3-5-12(13)15(16)17-19/h3-5,10,14,19H,2,6-9H2,1H3,(H2,16,17). The van der Waals surface area contributed by atoms with Gasteiger partial charge in [0.15, 0.2) is 5.84 Å². The molecule has 19 heavy (non-hydrogen) atoms. The molecule has 0 amide bonds. The van der Waals surface area contributed by atoms with Crippen molar-refractivity contribution in [1.29, 1.82) is 0 Å². The van der Waals surface area contributed by atoms with Crippen LogP contribution >= 0.6 is 0 Å². The number of benzene rings is 1. The third-order valence-corrected chi connectivity index (χ3v) is 4.52. The van der Waals surface area contributed by atoms with Crippen LogP contribution in [0.3, 0.4) is 0 Å². The first-order valence-corrected chi connectivity index (χ1v) is 7.10. The number of fused-ring (bicyclic) bond motifs is 3. The molecule has 3 N–H and O–H groups in total. The Morgan fingerprint density at radius 3 is 3.11 bits per heavy atom. The second-order valence-electron chi connectivity index (χ2n) is 5.59. The van der Waals surface area contributed by atoms with Crippen LogP contribution in [0.2, 0.25) is 0 Å². The van der Waals surface area contributed by atoms with Crippen LogP contribution < -0.4 is 5.73 Å². The molecule has 2 atom stereocenters. The van der Waals surface area contributed by atoms with Crippen molar-refractivity contribution in [2.75, 3.05) is 13.1 Å². The van der Waals surface area contributed by atoms with Gasteiger partial charge in [0.25, 0.3) is 0 Å². The molecule has 1 heterocycles. The predicted octanol–water partition coefficient (Wildman–Crippen LogP) is 2.11. The maximum atomic E-state index is 8.91. The first kappa shape index (κ1) is 12.5. The molecule has 4 heteroatoms. The minimum Gasteiger partial charge on any atom is -0.409 e. The molecule has 2 unspecified atom stereocenters. The van der Waals surface area contributed by atoms with E-state index in [0.717, 1.165) is 18.5 Å². The quantitative estimate of drug-likeness (QED) is 0.378. The largest absolute Gasteiger partial charge is 0.409 e. The average Bonchev–Trinajstić information content (AvgIpc) is 2.98. The molecule has 1 fully saturated rings. The Hall–Kier alpha value is -1.55. The van der Waals surface area contributed by atoms with Crippen LogP contribution in [0.25, 0.3) is 0 Å². The predicted molar refractivity (Wildman–Crippen MR) is 75.4 cm³/mol. The molecule has 0 saturated carbocycles. The molecule has 0 bridgehead atoms. The van der Waals surface area contributed by atoms with E-state index in [-0.39, 0.29) is 5.84 Å². The Bertz CT molecular complexity index is 510. The van der Waals surface area contributed by atoms with Crippen molar-refractivity contribution in [3.8, 4) is 0 Å². The fraction of sp³-hybridized carbons (Fsp3) is 0.533. The van der Waals surface area contributed by atoms with Crippen LogP contribution in [-0.4, -0.2) is 29.0 Å².